The van der Waals surface area contributed by atoms with Gasteiger partial charge in [-0.3, -0.25) is 9.69 Å². The molecule has 0 radical (unpaired) electrons. The van der Waals surface area contributed by atoms with Crippen molar-refractivity contribution in [2.45, 2.75) is 88.3 Å². The lowest BCUT2D eigenvalue weighted by molar-refractivity contribution is -0.124. The van der Waals surface area contributed by atoms with Crippen LogP contribution in [0.5, 0.6) is 0 Å². The van der Waals surface area contributed by atoms with Crippen molar-refractivity contribution >= 4 is 5.91 Å². The van der Waals surface area contributed by atoms with Crippen LogP contribution in [-0.4, -0.2) is 78.7 Å². The van der Waals surface area contributed by atoms with Crippen molar-refractivity contribution in [2.75, 3.05) is 26.4 Å². The molecule has 3 N–H and O–H groups in total. The Bertz CT molecular complexity index is 533. The first-order valence-electron chi connectivity index (χ1n) is 11.2. The number of nitrogens with zero attached hydrogens (tertiary/aromatic N) is 1. The number of halogens is 1. The van der Waals surface area contributed by atoms with Crippen LogP contribution in [0.15, 0.2) is 0 Å². The highest BCUT2D eigenvalue weighted by Crippen LogP contribution is 2.38. The highest BCUT2D eigenvalue weighted by atomic mass is 19.1. The number of nitrogens with one attached hydrogen (secondary N) is 2. The number of rotatable bonds is 4. The quantitative estimate of drug-likeness (QED) is 0.665. The molecule has 4 rings (SSSR count). The maximum atomic E-state index is 14.3. The first-order chi connectivity index (χ1) is 13.6. The Balaban J connectivity index is 1.32. The molecular weight excluding hydrogens is 361 g/mol. The predicted molar refractivity (Wildman–Crippen MR) is 105 cm³/mol. The Morgan fingerprint density at radius 3 is 2.93 bits per heavy atom. The van der Waals surface area contributed by atoms with Gasteiger partial charge in [0.15, 0.2) is 0 Å². The monoisotopic (exact) mass is 397 g/mol. The van der Waals surface area contributed by atoms with E-state index in [9.17, 15) is 14.3 Å². The van der Waals surface area contributed by atoms with Gasteiger partial charge < -0.3 is 20.5 Å². The number of hydrogen-bond acceptors (Lipinski definition) is 5. The summed E-state index contributed by atoms with van der Waals surface area (Å²) in [7, 11) is 0. The molecule has 0 bridgehead atoms. The molecule has 2 aliphatic heterocycles. The van der Waals surface area contributed by atoms with Crippen molar-refractivity contribution in [3.63, 3.8) is 0 Å². The summed E-state index contributed by atoms with van der Waals surface area (Å²) >= 11 is 0. The average Bonchev–Trinajstić information content (AvgIpc) is 3.18. The fraction of sp³-hybridized carbons (Fsp3) is 0.952. The van der Waals surface area contributed by atoms with Crippen molar-refractivity contribution in [1.29, 1.82) is 0 Å². The van der Waals surface area contributed by atoms with Gasteiger partial charge in [-0.05, 0) is 50.9 Å². The van der Waals surface area contributed by atoms with E-state index in [1.165, 1.54) is 0 Å². The Morgan fingerprint density at radius 1 is 1.29 bits per heavy atom. The van der Waals surface area contributed by atoms with Gasteiger partial charge >= 0.3 is 0 Å². The van der Waals surface area contributed by atoms with Crippen LogP contribution in [0.3, 0.4) is 0 Å². The number of alkyl halides is 1. The van der Waals surface area contributed by atoms with Gasteiger partial charge in [0.05, 0.1) is 31.9 Å². The van der Waals surface area contributed by atoms with E-state index >= 15 is 0 Å². The molecule has 0 aromatic heterocycles. The first kappa shape index (κ1) is 20.5. The van der Waals surface area contributed by atoms with Crippen LogP contribution >= 0.6 is 0 Å². The van der Waals surface area contributed by atoms with Gasteiger partial charge in [0.1, 0.15) is 6.17 Å². The maximum Gasteiger partial charge on any atom is 0.237 e. The molecule has 0 aromatic carbocycles. The van der Waals surface area contributed by atoms with Crippen LogP contribution in [-0.2, 0) is 9.53 Å². The number of morpholine rings is 1. The fourth-order valence-corrected chi connectivity index (χ4v) is 6.00. The van der Waals surface area contributed by atoms with Crippen LogP contribution < -0.4 is 10.6 Å². The number of aliphatic hydroxyl groups is 1. The van der Waals surface area contributed by atoms with Crippen molar-refractivity contribution in [3.8, 4) is 0 Å². The fourth-order valence-electron chi connectivity index (χ4n) is 6.00. The molecule has 4 aliphatic rings. The largest absolute Gasteiger partial charge is 0.395 e. The van der Waals surface area contributed by atoms with Gasteiger partial charge in [-0.15, -0.1) is 0 Å². The number of amides is 1. The van der Waals surface area contributed by atoms with Crippen LogP contribution in [0.1, 0.15) is 51.9 Å². The normalized spacial score (nSPS) is 44.8. The van der Waals surface area contributed by atoms with Crippen LogP contribution in [0.2, 0.25) is 0 Å². The second-order valence-corrected chi connectivity index (χ2v) is 9.39. The van der Waals surface area contributed by atoms with Gasteiger partial charge in [-0.2, -0.15) is 0 Å². The summed E-state index contributed by atoms with van der Waals surface area (Å²) in [5.41, 5.74) is 0. The Labute approximate surface area is 167 Å². The third-order valence-electron chi connectivity index (χ3n) is 7.60. The molecule has 8 atom stereocenters. The van der Waals surface area contributed by atoms with Gasteiger partial charge in [-0.1, -0.05) is 6.92 Å². The van der Waals surface area contributed by atoms with Gasteiger partial charge in [0.25, 0.3) is 0 Å². The van der Waals surface area contributed by atoms with Crippen LogP contribution in [0.25, 0.3) is 0 Å². The summed E-state index contributed by atoms with van der Waals surface area (Å²) in [6, 6.07) is 0.488. The number of aliphatic hydroxyl groups excluding tert-OH is 1. The summed E-state index contributed by atoms with van der Waals surface area (Å²) < 4.78 is 19.8. The predicted octanol–water partition coefficient (Wildman–Crippen LogP) is 1.22. The molecular formula is C21H36FN3O3. The minimum atomic E-state index is -0.776. The minimum absolute atomic E-state index is 0.0164. The zero-order valence-corrected chi connectivity index (χ0v) is 17.0. The van der Waals surface area contributed by atoms with Crippen LogP contribution in [0, 0.1) is 11.8 Å². The number of carbonyl (C=O) groups is 1. The third-order valence-corrected chi connectivity index (χ3v) is 7.60. The number of carbonyl (C=O) groups excluding carboxylic acids is 1. The standard InChI is InChI=1S/C21H36FN3O3/c1-13-5-6-18(22)17-10-19(24-20(13)17)21(27)23-14-3-2-4-15(9-14)25-7-8-28-12-16(25)11-26/h13-20,24,26H,2-12H2,1H3,(H,23,27). The Kier molecular flexibility index (Phi) is 6.55. The molecule has 2 heterocycles. The highest BCUT2D eigenvalue weighted by molar-refractivity contribution is 5.82. The van der Waals surface area contributed by atoms with Crippen molar-refractivity contribution in [3.05, 3.63) is 0 Å². The van der Waals surface area contributed by atoms with Crippen LogP contribution in [0.4, 0.5) is 4.39 Å². The SMILES string of the molecule is CC1CCC(F)C2CC(C(=O)NC3CCCC(N4CCOCC4CO)C3)NC12. The van der Waals surface area contributed by atoms with E-state index in [0.717, 1.165) is 38.6 Å². The van der Waals surface area contributed by atoms with Crippen molar-refractivity contribution in [2.24, 2.45) is 11.8 Å². The zero-order chi connectivity index (χ0) is 19.7. The molecule has 160 valence electrons. The van der Waals surface area contributed by atoms with E-state index in [2.05, 4.69) is 22.5 Å². The summed E-state index contributed by atoms with van der Waals surface area (Å²) in [5, 5.41) is 16.4. The molecule has 0 aromatic rings. The highest BCUT2D eigenvalue weighted by Gasteiger charge is 2.46. The first-order valence-corrected chi connectivity index (χ1v) is 11.2. The van der Waals surface area contributed by atoms with E-state index in [-0.39, 0.29) is 42.6 Å². The van der Waals surface area contributed by atoms with Gasteiger partial charge in [-0.25, -0.2) is 4.39 Å². The summed E-state index contributed by atoms with van der Waals surface area (Å²) in [6.45, 7) is 4.43. The molecule has 0 spiro atoms. The lowest BCUT2D eigenvalue weighted by atomic mass is 9.77. The lowest BCUT2D eigenvalue weighted by Gasteiger charge is -2.43. The molecule has 6 nitrogen and oxygen atoms in total. The second-order valence-electron chi connectivity index (χ2n) is 9.39. The lowest BCUT2D eigenvalue weighted by Crippen LogP contribution is -2.56. The number of hydrogen-bond donors (Lipinski definition) is 3. The third kappa shape index (κ3) is 4.23. The summed E-state index contributed by atoms with van der Waals surface area (Å²) in [5.74, 6) is 0.461. The van der Waals surface area contributed by atoms with E-state index in [0.29, 0.717) is 38.0 Å². The Morgan fingerprint density at radius 2 is 2.14 bits per heavy atom. The van der Waals surface area contributed by atoms with Gasteiger partial charge in [0, 0.05) is 30.6 Å². The summed E-state index contributed by atoms with van der Waals surface area (Å²) in [4.78, 5) is 15.3. The summed E-state index contributed by atoms with van der Waals surface area (Å²) in [6.07, 6.45) is 5.49. The van der Waals surface area contributed by atoms with Crippen molar-refractivity contribution < 1.29 is 19.0 Å². The molecule has 2 aliphatic carbocycles. The molecule has 28 heavy (non-hydrogen) atoms. The van der Waals surface area contributed by atoms with Gasteiger partial charge in [0.2, 0.25) is 5.91 Å². The molecule has 2 saturated heterocycles. The topological polar surface area (TPSA) is 73.8 Å². The number of ether oxygens (including phenoxy) is 1. The Hall–Kier alpha value is -0.760. The zero-order valence-electron chi connectivity index (χ0n) is 17.0. The average molecular weight is 398 g/mol. The molecule has 2 saturated carbocycles. The molecule has 8 unspecified atom stereocenters. The van der Waals surface area contributed by atoms with E-state index in [4.69, 9.17) is 4.74 Å². The molecule has 4 fully saturated rings. The minimum Gasteiger partial charge on any atom is -0.395 e. The molecule has 7 heteroatoms. The maximum absolute atomic E-state index is 14.3. The van der Waals surface area contributed by atoms with E-state index < -0.39 is 6.17 Å². The molecule has 1 amide bonds. The van der Waals surface area contributed by atoms with Crippen molar-refractivity contribution in [1.82, 2.24) is 15.5 Å². The smallest absolute Gasteiger partial charge is 0.237 e. The second kappa shape index (κ2) is 8.94. The number of fused-ring (bicyclic) bond motifs is 1. The van der Waals surface area contributed by atoms with E-state index in [1.807, 2.05) is 0 Å². The van der Waals surface area contributed by atoms with E-state index in [1.54, 1.807) is 0 Å².